The molecule has 0 aliphatic rings. The molecule has 0 saturated heterocycles. The Morgan fingerprint density at radius 3 is 2.43 bits per heavy atom. The maximum atomic E-state index is 13.2. The first-order chi connectivity index (χ1) is 13.4. The highest BCUT2D eigenvalue weighted by atomic mass is 35.5. The van der Waals surface area contributed by atoms with E-state index in [-0.39, 0.29) is 11.7 Å². The molecule has 0 atom stereocenters. The van der Waals surface area contributed by atoms with Gasteiger partial charge in [-0.3, -0.25) is 4.79 Å². The van der Waals surface area contributed by atoms with Crippen molar-refractivity contribution >= 4 is 23.1 Å². The molecule has 0 radical (unpaired) electrons. The first kappa shape index (κ1) is 19.8. The predicted octanol–water partition coefficient (Wildman–Crippen LogP) is 5.66. The molecule has 0 fully saturated rings. The molecule has 0 spiro atoms. The number of nitrogens with zero attached hydrogens (tertiary/aromatic N) is 1. The third-order valence-electron chi connectivity index (χ3n) is 4.48. The SMILES string of the molecule is C=C(c1ccc(F)cc1)c1ccc(-c2cc(C(=O)NCC)ccc2C)nc1Cl. The highest BCUT2D eigenvalue weighted by molar-refractivity contribution is 6.31. The van der Waals surface area contributed by atoms with Crippen molar-refractivity contribution in [1.29, 1.82) is 0 Å². The summed E-state index contributed by atoms with van der Waals surface area (Å²) in [6, 6.07) is 15.3. The van der Waals surface area contributed by atoms with E-state index < -0.39 is 0 Å². The summed E-state index contributed by atoms with van der Waals surface area (Å²) in [6.07, 6.45) is 0. The third kappa shape index (κ3) is 4.12. The Morgan fingerprint density at radius 2 is 1.79 bits per heavy atom. The van der Waals surface area contributed by atoms with Gasteiger partial charge in [-0.05, 0) is 66.9 Å². The first-order valence-electron chi connectivity index (χ1n) is 8.91. The largest absolute Gasteiger partial charge is 0.352 e. The Kier molecular flexibility index (Phi) is 5.90. The second-order valence-electron chi connectivity index (χ2n) is 6.41. The third-order valence-corrected chi connectivity index (χ3v) is 4.77. The van der Waals surface area contributed by atoms with Gasteiger partial charge >= 0.3 is 0 Å². The molecule has 1 heterocycles. The predicted molar refractivity (Wildman–Crippen MR) is 112 cm³/mol. The molecule has 0 aliphatic heterocycles. The van der Waals surface area contributed by atoms with Gasteiger partial charge in [-0.2, -0.15) is 0 Å². The van der Waals surface area contributed by atoms with Crippen molar-refractivity contribution in [3.8, 4) is 11.3 Å². The molecule has 0 unspecified atom stereocenters. The minimum atomic E-state index is -0.307. The maximum absolute atomic E-state index is 13.2. The van der Waals surface area contributed by atoms with Crippen molar-refractivity contribution in [3.63, 3.8) is 0 Å². The van der Waals surface area contributed by atoms with E-state index >= 15 is 0 Å². The molecule has 142 valence electrons. The molecule has 3 rings (SSSR count). The Hall–Kier alpha value is -2.98. The van der Waals surface area contributed by atoms with Gasteiger partial charge in [-0.15, -0.1) is 0 Å². The summed E-state index contributed by atoms with van der Waals surface area (Å²) in [4.78, 5) is 16.6. The quantitative estimate of drug-likeness (QED) is 0.567. The molecule has 3 nitrogen and oxygen atoms in total. The zero-order valence-electron chi connectivity index (χ0n) is 15.7. The summed E-state index contributed by atoms with van der Waals surface area (Å²) in [5.41, 5.74) is 5.18. The van der Waals surface area contributed by atoms with Crippen LogP contribution in [0.25, 0.3) is 16.8 Å². The second kappa shape index (κ2) is 8.36. The normalized spacial score (nSPS) is 10.6. The summed E-state index contributed by atoms with van der Waals surface area (Å²) >= 11 is 6.43. The van der Waals surface area contributed by atoms with Gasteiger partial charge < -0.3 is 5.32 Å². The smallest absolute Gasteiger partial charge is 0.251 e. The van der Waals surface area contributed by atoms with Crippen LogP contribution in [0.1, 0.15) is 34.0 Å². The lowest BCUT2D eigenvalue weighted by Crippen LogP contribution is -2.22. The molecular formula is C23H20ClFN2O. The molecule has 2 aromatic carbocycles. The zero-order chi connectivity index (χ0) is 20.3. The van der Waals surface area contributed by atoms with E-state index in [2.05, 4.69) is 16.9 Å². The highest BCUT2D eigenvalue weighted by Gasteiger charge is 2.13. The zero-order valence-corrected chi connectivity index (χ0v) is 16.5. The van der Waals surface area contributed by atoms with Crippen molar-refractivity contribution in [2.75, 3.05) is 6.54 Å². The van der Waals surface area contributed by atoms with Gasteiger partial charge in [0, 0.05) is 23.2 Å². The standard InChI is InChI=1S/C23H20ClFN2O/c1-4-26-23(28)17-6-5-14(2)20(13-17)21-12-11-19(22(24)27-21)15(3)16-7-9-18(25)10-8-16/h5-13H,3-4H2,1-2H3,(H,26,28). The Balaban J connectivity index is 1.96. The fourth-order valence-corrected chi connectivity index (χ4v) is 3.19. The van der Waals surface area contributed by atoms with Gasteiger partial charge in [-0.25, -0.2) is 9.37 Å². The van der Waals surface area contributed by atoms with Gasteiger partial charge in [0.25, 0.3) is 5.91 Å². The van der Waals surface area contributed by atoms with Crippen LogP contribution < -0.4 is 5.32 Å². The first-order valence-corrected chi connectivity index (χ1v) is 9.29. The lowest BCUT2D eigenvalue weighted by molar-refractivity contribution is 0.0956. The van der Waals surface area contributed by atoms with Crippen LogP contribution >= 0.6 is 11.6 Å². The second-order valence-corrected chi connectivity index (χ2v) is 6.77. The monoisotopic (exact) mass is 394 g/mol. The summed E-state index contributed by atoms with van der Waals surface area (Å²) in [7, 11) is 0. The van der Waals surface area contributed by atoms with E-state index in [0.717, 1.165) is 16.7 Å². The summed E-state index contributed by atoms with van der Waals surface area (Å²) in [5.74, 6) is -0.435. The number of pyridine rings is 1. The number of benzene rings is 2. The van der Waals surface area contributed by atoms with E-state index in [1.807, 2.05) is 38.1 Å². The van der Waals surface area contributed by atoms with Gasteiger partial charge in [0.05, 0.1) is 5.69 Å². The van der Waals surface area contributed by atoms with Crippen LogP contribution in [0, 0.1) is 12.7 Å². The molecule has 1 amide bonds. The minimum absolute atomic E-state index is 0.129. The molecule has 5 heteroatoms. The molecule has 0 aliphatic carbocycles. The van der Waals surface area contributed by atoms with Gasteiger partial charge in [-0.1, -0.05) is 36.4 Å². The average molecular weight is 395 g/mol. The number of aryl methyl sites for hydroxylation is 1. The molecule has 28 heavy (non-hydrogen) atoms. The van der Waals surface area contributed by atoms with Crippen LogP contribution in [-0.4, -0.2) is 17.4 Å². The van der Waals surface area contributed by atoms with Gasteiger partial charge in [0.15, 0.2) is 0 Å². The van der Waals surface area contributed by atoms with E-state index in [4.69, 9.17) is 11.6 Å². The van der Waals surface area contributed by atoms with Crippen molar-refractivity contribution in [3.05, 3.63) is 94.4 Å². The highest BCUT2D eigenvalue weighted by Crippen LogP contribution is 2.31. The molecule has 1 aromatic heterocycles. The molecular weight excluding hydrogens is 375 g/mol. The lowest BCUT2D eigenvalue weighted by atomic mass is 9.98. The van der Waals surface area contributed by atoms with Crippen LogP contribution in [0.5, 0.6) is 0 Å². The molecule has 0 bridgehead atoms. The summed E-state index contributed by atoms with van der Waals surface area (Å²) in [6.45, 7) is 8.46. The van der Waals surface area contributed by atoms with E-state index in [1.54, 1.807) is 18.2 Å². The van der Waals surface area contributed by atoms with Crippen molar-refractivity contribution in [2.45, 2.75) is 13.8 Å². The number of hydrogen-bond donors (Lipinski definition) is 1. The molecule has 3 aromatic rings. The molecule has 1 N–H and O–H groups in total. The number of rotatable bonds is 5. The minimum Gasteiger partial charge on any atom is -0.352 e. The van der Waals surface area contributed by atoms with Gasteiger partial charge in [0.1, 0.15) is 11.0 Å². The van der Waals surface area contributed by atoms with Crippen molar-refractivity contribution < 1.29 is 9.18 Å². The number of hydrogen-bond acceptors (Lipinski definition) is 2. The van der Waals surface area contributed by atoms with Crippen LogP contribution in [0.3, 0.4) is 0 Å². The fourth-order valence-electron chi connectivity index (χ4n) is 2.92. The lowest BCUT2D eigenvalue weighted by Gasteiger charge is -2.12. The number of amides is 1. The number of carbonyl (C=O) groups is 1. The van der Waals surface area contributed by atoms with Gasteiger partial charge in [0.2, 0.25) is 0 Å². The van der Waals surface area contributed by atoms with Crippen LogP contribution in [0.2, 0.25) is 5.15 Å². The Labute approximate surface area is 168 Å². The Morgan fingerprint density at radius 1 is 1.11 bits per heavy atom. The van der Waals surface area contributed by atoms with Crippen LogP contribution in [-0.2, 0) is 0 Å². The maximum Gasteiger partial charge on any atom is 0.251 e. The van der Waals surface area contributed by atoms with Crippen LogP contribution in [0.4, 0.5) is 4.39 Å². The van der Waals surface area contributed by atoms with Crippen molar-refractivity contribution in [2.24, 2.45) is 0 Å². The van der Waals surface area contributed by atoms with Crippen LogP contribution in [0.15, 0.2) is 61.2 Å². The summed E-state index contributed by atoms with van der Waals surface area (Å²) < 4.78 is 13.2. The number of carbonyl (C=O) groups excluding carboxylic acids is 1. The number of halogens is 2. The van der Waals surface area contributed by atoms with E-state index in [1.165, 1.54) is 12.1 Å². The molecule has 0 saturated carbocycles. The topological polar surface area (TPSA) is 42.0 Å². The van der Waals surface area contributed by atoms with E-state index in [0.29, 0.717) is 34.1 Å². The number of aromatic nitrogens is 1. The van der Waals surface area contributed by atoms with E-state index in [9.17, 15) is 9.18 Å². The number of nitrogens with one attached hydrogen (secondary N) is 1. The fraction of sp³-hybridized carbons (Fsp3) is 0.130. The summed E-state index contributed by atoms with van der Waals surface area (Å²) in [5, 5.41) is 3.09. The average Bonchev–Trinajstić information content (AvgIpc) is 2.68. The Bertz CT molecular complexity index is 1040. The van der Waals surface area contributed by atoms with Crippen molar-refractivity contribution in [1.82, 2.24) is 10.3 Å².